The van der Waals surface area contributed by atoms with Crippen LogP contribution in [0.15, 0.2) is 24.3 Å². The van der Waals surface area contributed by atoms with Crippen LogP contribution in [0.4, 0.5) is 4.39 Å². The highest BCUT2D eigenvalue weighted by Gasteiger charge is 2.40. The minimum absolute atomic E-state index is 0.0869. The van der Waals surface area contributed by atoms with Gasteiger partial charge in [-0.1, -0.05) is 44.2 Å². The lowest BCUT2D eigenvalue weighted by molar-refractivity contribution is 0.315. The van der Waals surface area contributed by atoms with Crippen LogP contribution >= 0.6 is 0 Å². The van der Waals surface area contributed by atoms with E-state index in [4.69, 9.17) is 5.10 Å². The first kappa shape index (κ1) is 15.8. The molecule has 0 unspecified atom stereocenters. The molecule has 2 heterocycles. The van der Waals surface area contributed by atoms with E-state index in [2.05, 4.69) is 9.67 Å². The second-order valence-corrected chi connectivity index (χ2v) is 7.41. The third-order valence-corrected chi connectivity index (χ3v) is 5.89. The first-order valence-corrected chi connectivity index (χ1v) is 9.48. The Bertz CT molecular complexity index is 683. The van der Waals surface area contributed by atoms with Crippen molar-refractivity contribution in [1.82, 2.24) is 14.8 Å². The first-order valence-electron chi connectivity index (χ1n) is 9.48. The molecule has 0 saturated heterocycles. The van der Waals surface area contributed by atoms with E-state index >= 15 is 0 Å². The number of hydrogen-bond acceptors (Lipinski definition) is 2. The van der Waals surface area contributed by atoms with Crippen LogP contribution in [0.25, 0.3) is 0 Å². The van der Waals surface area contributed by atoms with Crippen molar-refractivity contribution in [3.63, 3.8) is 0 Å². The second kappa shape index (κ2) is 6.66. The maximum Gasteiger partial charge on any atom is 0.143 e. The van der Waals surface area contributed by atoms with Crippen LogP contribution < -0.4 is 0 Å². The largest absolute Gasteiger partial charge is 0.314 e. The normalized spacial score (nSPS) is 20.9. The molecule has 1 aliphatic carbocycles. The van der Waals surface area contributed by atoms with Gasteiger partial charge in [-0.2, -0.15) is 0 Å². The summed E-state index contributed by atoms with van der Waals surface area (Å²) < 4.78 is 15.9. The molecule has 1 fully saturated rings. The Morgan fingerprint density at radius 3 is 2.33 bits per heavy atom. The Kier molecular flexibility index (Phi) is 4.38. The van der Waals surface area contributed by atoms with Crippen molar-refractivity contribution >= 4 is 0 Å². The highest BCUT2D eigenvalue weighted by Crippen LogP contribution is 2.44. The van der Waals surface area contributed by atoms with Gasteiger partial charge in [-0.3, -0.25) is 0 Å². The second-order valence-electron chi connectivity index (χ2n) is 7.41. The summed E-state index contributed by atoms with van der Waals surface area (Å²) in [5, 5.41) is 9.26. The van der Waals surface area contributed by atoms with Crippen molar-refractivity contribution in [3.8, 4) is 0 Å². The van der Waals surface area contributed by atoms with Crippen molar-refractivity contribution in [2.45, 2.75) is 76.2 Å². The van der Waals surface area contributed by atoms with Crippen molar-refractivity contribution in [1.29, 1.82) is 0 Å². The van der Waals surface area contributed by atoms with Gasteiger partial charge in [0.1, 0.15) is 17.5 Å². The molecule has 0 N–H and O–H groups in total. The van der Waals surface area contributed by atoms with Crippen LogP contribution in [0.1, 0.15) is 75.0 Å². The zero-order valence-corrected chi connectivity index (χ0v) is 14.3. The summed E-state index contributed by atoms with van der Waals surface area (Å²) in [5.74, 6) is 2.11. The lowest BCUT2D eigenvalue weighted by Crippen LogP contribution is -2.34. The van der Waals surface area contributed by atoms with Gasteiger partial charge in [-0.15, -0.1) is 10.2 Å². The van der Waals surface area contributed by atoms with Gasteiger partial charge in [-0.05, 0) is 43.4 Å². The van der Waals surface area contributed by atoms with Crippen molar-refractivity contribution in [2.24, 2.45) is 0 Å². The highest BCUT2D eigenvalue weighted by molar-refractivity contribution is 5.34. The van der Waals surface area contributed by atoms with Gasteiger partial charge in [0.15, 0.2) is 0 Å². The van der Waals surface area contributed by atoms with Crippen LogP contribution in [-0.4, -0.2) is 14.8 Å². The number of rotatable bonds is 2. The van der Waals surface area contributed by atoms with Crippen molar-refractivity contribution in [2.75, 3.05) is 0 Å². The maximum atomic E-state index is 13.5. The number of aryl methyl sites for hydroxylation is 1. The Balaban J connectivity index is 1.81. The summed E-state index contributed by atoms with van der Waals surface area (Å²) in [6.07, 6.45) is 11.9. The molecule has 0 bridgehead atoms. The quantitative estimate of drug-likeness (QED) is 0.794. The molecule has 0 atom stereocenters. The standard InChI is InChI=1S/C20H26FN3/c21-17-11-9-16(10-12-17)20(13-5-3-6-14-20)19-23-22-18-8-4-1-2-7-15-24(18)19/h9-12H,1-8,13-15H2. The smallest absolute Gasteiger partial charge is 0.143 e. The van der Waals surface area contributed by atoms with Crippen LogP contribution in [-0.2, 0) is 18.4 Å². The molecule has 2 aliphatic rings. The fourth-order valence-electron chi connectivity index (χ4n) is 4.58. The van der Waals surface area contributed by atoms with Crippen LogP contribution in [0, 0.1) is 5.82 Å². The maximum absolute atomic E-state index is 13.5. The summed E-state index contributed by atoms with van der Waals surface area (Å²) in [6.45, 7) is 1.03. The average molecular weight is 327 g/mol. The monoisotopic (exact) mass is 327 g/mol. The van der Waals surface area contributed by atoms with Crippen LogP contribution in [0.2, 0.25) is 0 Å². The molecule has 4 heteroatoms. The van der Waals surface area contributed by atoms with E-state index in [-0.39, 0.29) is 11.2 Å². The number of hydrogen-bond donors (Lipinski definition) is 0. The van der Waals surface area contributed by atoms with Gasteiger partial charge in [-0.25, -0.2) is 4.39 Å². The van der Waals surface area contributed by atoms with E-state index < -0.39 is 0 Å². The molecule has 24 heavy (non-hydrogen) atoms. The van der Waals surface area contributed by atoms with Gasteiger partial charge in [0.2, 0.25) is 0 Å². The Labute approximate surface area is 143 Å². The van der Waals surface area contributed by atoms with E-state index in [9.17, 15) is 4.39 Å². The zero-order valence-electron chi connectivity index (χ0n) is 14.3. The third-order valence-electron chi connectivity index (χ3n) is 5.89. The SMILES string of the molecule is Fc1ccc(C2(c3nnc4n3CCCCCC4)CCCCC2)cc1. The van der Waals surface area contributed by atoms with E-state index in [0.717, 1.165) is 37.5 Å². The summed E-state index contributed by atoms with van der Waals surface area (Å²) in [5.41, 5.74) is 1.12. The van der Waals surface area contributed by atoms with E-state index in [1.807, 2.05) is 12.1 Å². The summed E-state index contributed by atoms with van der Waals surface area (Å²) >= 11 is 0. The Morgan fingerprint density at radius 1 is 0.833 bits per heavy atom. The molecule has 1 aliphatic heterocycles. The molecular formula is C20H26FN3. The highest BCUT2D eigenvalue weighted by atomic mass is 19.1. The molecule has 1 saturated carbocycles. The number of benzene rings is 1. The fraction of sp³-hybridized carbons (Fsp3) is 0.600. The van der Waals surface area contributed by atoms with E-state index in [0.29, 0.717) is 0 Å². The lowest BCUT2D eigenvalue weighted by Gasteiger charge is -2.37. The summed E-state index contributed by atoms with van der Waals surface area (Å²) in [7, 11) is 0. The van der Waals surface area contributed by atoms with Gasteiger partial charge >= 0.3 is 0 Å². The van der Waals surface area contributed by atoms with Gasteiger partial charge in [0.05, 0.1) is 5.41 Å². The van der Waals surface area contributed by atoms with E-state index in [1.165, 1.54) is 50.5 Å². The number of aromatic nitrogens is 3. The molecule has 0 spiro atoms. The predicted molar refractivity (Wildman–Crippen MR) is 92.5 cm³/mol. The Hall–Kier alpha value is -1.71. The lowest BCUT2D eigenvalue weighted by atomic mass is 9.68. The number of halogens is 1. The third kappa shape index (κ3) is 2.76. The fourth-order valence-corrected chi connectivity index (χ4v) is 4.58. The van der Waals surface area contributed by atoms with Gasteiger partial charge in [0, 0.05) is 13.0 Å². The molecule has 0 radical (unpaired) electrons. The molecule has 3 nitrogen and oxygen atoms in total. The van der Waals surface area contributed by atoms with Crippen molar-refractivity contribution < 1.29 is 4.39 Å². The number of fused-ring (bicyclic) bond motifs is 1. The summed E-state index contributed by atoms with van der Waals surface area (Å²) in [6, 6.07) is 7.11. The molecule has 1 aromatic heterocycles. The number of nitrogens with zero attached hydrogens (tertiary/aromatic N) is 3. The predicted octanol–water partition coefficient (Wildman–Crippen LogP) is 4.78. The minimum Gasteiger partial charge on any atom is -0.314 e. The van der Waals surface area contributed by atoms with Crippen molar-refractivity contribution in [3.05, 3.63) is 47.3 Å². The van der Waals surface area contributed by atoms with Gasteiger partial charge < -0.3 is 4.57 Å². The first-order chi connectivity index (χ1) is 11.8. The Morgan fingerprint density at radius 2 is 1.54 bits per heavy atom. The van der Waals surface area contributed by atoms with Gasteiger partial charge in [0.25, 0.3) is 0 Å². The average Bonchev–Trinajstić information content (AvgIpc) is 2.98. The molecular weight excluding hydrogens is 301 g/mol. The molecule has 4 rings (SSSR count). The van der Waals surface area contributed by atoms with Crippen LogP contribution in [0.3, 0.4) is 0 Å². The molecule has 1 aromatic carbocycles. The molecule has 128 valence electrons. The zero-order chi connectivity index (χ0) is 16.4. The van der Waals surface area contributed by atoms with Crippen LogP contribution in [0.5, 0.6) is 0 Å². The summed E-state index contributed by atoms with van der Waals surface area (Å²) in [4.78, 5) is 0. The molecule has 0 amide bonds. The topological polar surface area (TPSA) is 30.7 Å². The molecule has 2 aromatic rings. The minimum atomic E-state index is -0.165. The van der Waals surface area contributed by atoms with E-state index in [1.54, 1.807) is 12.1 Å².